The molecule has 10 nitrogen and oxygen atoms in total. The SMILES string of the molecule is O=C(N/N=C\C=C\c1cn(Cc2ccccc2)nn1)c1ccc(-n2cnnn2)cc1. The Hall–Kier alpha value is -4.47. The monoisotopic (exact) mass is 399 g/mol. The van der Waals surface area contributed by atoms with Gasteiger partial charge in [-0.15, -0.1) is 10.2 Å². The molecule has 0 saturated carbocycles. The van der Waals surface area contributed by atoms with Gasteiger partial charge in [0.05, 0.1) is 18.4 Å². The van der Waals surface area contributed by atoms with Crippen molar-refractivity contribution in [3.8, 4) is 5.69 Å². The number of tetrazole rings is 1. The van der Waals surface area contributed by atoms with Gasteiger partial charge in [-0.3, -0.25) is 4.79 Å². The lowest BCUT2D eigenvalue weighted by molar-refractivity contribution is 0.0955. The number of hydrazone groups is 1. The summed E-state index contributed by atoms with van der Waals surface area (Å²) in [6.45, 7) is 0.651. The Kier molecular flexibility index (Phi) is 5.76. The summed E-state index contributed by atoms with van der Waals surface area (Å²) >= 11 is 0. The van der Waals surface area contributed by atoms with Gasteiger partial charge in [-0.25, -0.2) is 14.8 Å². The zero-order chi connectivity index (χ0) is 20.6. The third-order valence-corrected chi connectivity index (χ3v) is 4.08. The molecule has 0 fully saturated rings. The van der Waals surface area contributed by atoms with Crippen molar-refractivity contribution in [2.75, 3.05) is 0 Å². The molecule has 0 aliphatic rings. The fourth-order valence-corrected chi connectivity index (χ4v) is 2.63. The summed E-state index contributed by atoms with van der Waals surface area (Å²) in [5.74, 6) is -0.322. The molecule has 30 heavy (non-hydrogen) atoms. The Labute approximate surface area is 171 Å². The van der Waals surface area contributed by atoms with Gasteiger partial charge in [-0.05, 0) is 52.4 Å². The molecule has 2 aromatic carbocycles. The van der Waals surface area contributed by atoms with Crippen molar-refractivity contribution in [2.45, 2.75) is 6.54 Å². The first kappa shape index (κ1) is 18.9. The van der Waals surface area contributed by atoms with E-state index in [2.05, 4.69) is 36.4 Å². The summed E-state index contributed by atoms with van der Waals surface area (Å²) in [6.07, 6.45) is 8.22. The number of amides is 1. The van der Waals surface area contributed by atoms with Crippen LogP contribution >= 0.6 is 0 Å². The number of hydrogen-bond acceptors (Lipinski definition) is 7. The number of allylic oxidation sites excluding steroid dienone is 1. The first-order valence-electron chi connectivity index (χ1n) is 9.05. The Morgan fingerprint density at radius 3 is 2.67 bits per heavy atom. The highest BCUT2D eigenvalue weighted by Gasteiger charge is 2.05. The number of nitrogens with one attached hydrogen (secondary N) is 1. The lowest BCUT2D eigenvalue weighted by atomic mass is 10.2. The summed E-state index contributed by atoms with van der Waals surface area (Å²) < 4.78 is 3.26. The number of benzene rings is 2. The number of rotatable bonds is 7. The number of carbonyl (C=O) groups excluding carboxylic acids is 1. The maximum Gasteiger partial charge on any atom is 0.271 e. The minimum Gasteiger partial charge on any atom is -0.267 e. The fourth-order valence-electron chi connectivity index (χ4n) is 2.63. The molecule has 0 saturated heterocycles. The van der Waals surface area contributed by atoms with Crippen LogP contribution in [0.15, 0.2) is 78.3 Å². The van der Waals surface area contributed by atoms with Crippen molar-refractivity contribution in [2.24, 2.45) is 5.10 Å². The fraction of sp³-hybridized carbons (Fsp3) is 0.0500. The van der Waals surface area contributed by atoms with E-state index >= 15 is 0 Å². The van der Waals surface area contributed by atoms with Crippen LogP contribution in [0.2, 0.25) is 0 Å². The first-order valence-corrected chi connectivity index (χ1v) is 9.05. The first-order chi connectivity index (χ1) is 14.8. The Morgan fingerprint density at radius 1 is 1.07 bits per heavy atom. The van der Waals surface area contributed by atoms with Crippen LogP contribution in [-0.4, -0.2) is 47.3 Å². The van der Waals surface area contributed by atoms with Crippen LogP contribution in [0.1, 0.15) is 21.6 Å². The predicted molar refractivity (Wildman–Crippen MR) is 110 cm³/mol. The second-order valence-corrected chi connectivity index (χ2v) is 6.21. The van der Waals surface area contributed by atoms with Gasteiger partial charge in [0.1, 0.15) is 12.0 Å². The van der Waals surface area contributed by atoms with Crippen LogP contribution in [-0.2, 0) is 6.54 Å². The highest BCUT2D eigenvalue weighted by molar-refractivity contribution is 5.94. The molecule has 0 aliphatic carbocycles. The number of nitrogens with zero attached hydrogens (tertiary/aromatic N) is 8. The van der Waals surface area contributed by atoms with Gasteiger partial charge in [0, 0.05) is 11.8 Å². The van der Waals surface area contributed by atoms with Gasteiger partial charge in [-0.1, -0.05) is 35.5 Å². The third kappa shape index (κ3) is 4.87. The summed E-state index contributed by atoms with van der Waals surface area (Å²) in [7, 11) is 0. The minimum atomic E-state index is -0.322. The zero-order valence-electron chi connectivity index (χ0n) is 15.8. The molecular formula is C20H17N9O. The van der Waals surface area contributed by atoms with Gasteiger partial charge >= 0.3 is 0 Å². The molecule has 10 heteroatoms. The van der Waals surface area contributed by atoms with Crippen molar-refractivity contribution in [3.63, 3.8) is 0 Å². The van der Waals surface area contributed by atoms with E-state index in [0.29, 0.717) is 17.8 Å². The van der Waals surface area contributed by atoms with E-state index in [1.807, 2.05) is 36.5 Å². The zero-order valence-corrected chi connectivity index (χ0v) is 15.8. The van der Waals surface area contributed by atoms with Gasteiger partial charge in [0.2, 0.25) is 0 Å². The second kappa shape index (κ2) is 9.15. The summed E-state index contributed by atoms with van der Waals surface area (Å²) in [5, 5.41) is 23.0. The molecule has 2 aromatic heterocycles. The molecule has 0 unspecified atom stereocenters. The normalized spacial score (nSPS) is 11.3. The Morgan fingerprint density at radius 2 is 1.90 bits per heavy atom. The van der Waals surface area contributed by atoms with E-state index in [9.17, 15) is 4.79 Å². The van der Waals surface area contributed by atoms with E-state index < -0.39 is 0 Å². The number of carbonyl (C=O) groups is 1. The molecule has 4 aromatic rings. The van der Waals surface area contributed by atoms with Gasteiger partial charge in [0.15, 0.2) is 0 Å². The Balaban J connectivity index is 1.27. The molecule has 1 N–H and O–H groups in total. The van der Waals surface area contributed by atoms with Crippen molar-refractivity contribution in [1.82, 2.24) is 40.6 Å². The standard InChI is InChI=1S/C20H17N9O/c30-20(17-8-10-19(11-9-17)29-15-22-25-27-29)24-21-12-4-7-18-14-28(26-23-18)13-16-5-2-1-3-6-16/h1-12,14-15H,13H2,(H,24,30)/b7-4+,21-12-. The largest absolute Gasteiger partial charge is 0.271 e. The maximum absolute atomic E-state index is 12.1. The molecule has 1 amide bonds. The smallest absolute Gasteiger partial charge is 0.267 e. The maximum atomic E-state index is 12.1. The average molecular weight is 399 g/mol. The lowest BCUT2D eigenvalue weighted by Gasteiger charge is -2.01. The molecule has 0 bridgehead atoms. The van der Waals surface area contributed by atoms with Crippen LogP contribution in [0.4, 0.5) is 0 Å². The van der Waals surface area contributed by atoms with E-state index in [0.717, 1.165) is 11.3 Å². The molecule has 0 radical (unpaired) electrons. The average Bonchev–Trinajstić information content (AvgIpc) is 3.47. The predicted octanol–water partition coefficient (Wildman–Crippen LogP) is 1.73. The van der Waals surface area contributed by atoms with E-state index in [-0.39, 0.29) is 5.91 Å². The molecule has 0 spiro atoms. The van der Waals surface area contributed by atoms with E-state index in [4.69, 9.17) is 0 Å². The van der Waals surface area contributed by atoms with Crippen LogP contribution in [0, 0.1) is 0 Å². The minimum absolute atomic E-state index is 0.322. The topological polar surface area (TPSA) is 116 Å². The molecule has 4 rings (SSSR count). The molecule has 2 heterocycles. The summed E-state index contributed by atoms with van der Waals surface area (Å²) in [4.78, 5) is 12.1. The van der Waals surface area contributed by atoms with E-state index in [1.54, 1.807) is 41.1 Å². The van der Waals surface area contributed by atoms with Crippen LogP contribution in [0.25, 0.3) is 11.8 Å². The molecular weight excluding hydrogens is 382 g/mol. The van der Waals surface area contributed by atoms with Crippen LogP contribution in [0.3, 0.4) is 0 Å². The Bertz CT molecular complexity index is 1150. The van der Waals surface area contributed by atoms with Crippen LogP contribution in [0.5, 0.6) is 0 Å². The van der Waals surface area contributed by atoms with Crippen molar-refractivity contribution in [1.29, 1.82) is 0 Å². The second-order valence-electron chi connectivity index (χ2n) is 6.21. The highest BCUT2D eigenvalue weighted by atomic mass is 16.2. The van der Waals surface area contributed by atoms with Crippen molar-refractivity contribution in [3.05, 3.63) is 90.0 Å². The van der Waals surface area contributed by atoms with Gasteiger partial charge in [0.25, 0.3) is 5.91 Å². The summed E-state index contributed by atoms with van der Waals surface area (Å²) in [6, 6.07) is 16.8. The number of hydrogen-bond donors (Lipinski definition) is 1. The van der Waals surface area contributed by atoms with E-state index in [1.165, 1.54) is 17.2 Å². The molecule has 0 aliphatic heterocycles. The highest BCUT2D eigenvalue weighted by Crippen LogP contribution is 2.07. The van der Waals surface area contributed by atoms with Gasteiger partial charge < -0.3 is 0 Å². The quantitative estimate of drug-likeness (QED) is 0.374. The molecule has 0 atom stereocenters. The van der Waals surface area contributed by atoms with Crippen LogP contribution < -0.4 is 5.43 Å². The third-order valence-electron chi connectivity index (χ3n) is 4.08. The van der Waals surface area contributed by atoms with Gasteiger partial charge in [-0.2, -0.15) is 5.10 Å². The molecule has 148 valence electrons. The van der Waals surface area contributed by atoms with Crippen molar-refractivity contribution < 1.29 is 4.79 Å². The lowest BCUT2D eigenvalue weighted by Crippen LogP contribution is -2.17. The van der Waals surface area contributed by atoms with Crippen molar-refractivity contribution >= 4 is 18.2 Å². The summed E-state index contributed by atoms with van der Waals surface area (Å²) in [5.41, 5.74) is 5.53. The number of aromatic nitrogens is 7.